The molecule has 2 saturated carbocycles. The van der Waals surface area contributed by atoms with Crippen molar-refractivity contribution in [2.24, 2.45) is 11.8 Å². The Morgan fingerprint density at radius 1 is 0.833 bits per heavy atom. The maximum absolute atomic E-state index is 13.4. The fourth-order valence-corrected chi connectivity index (χ4v) is 8.21. The smallest absolute Gasteiger partial charge is 0.320 e. The molecule has 5 rings (SSSR count). The average molecular weight is 505 g/mol. The van der Waals surface area contributed by atoms with Crippen LogP contribution in [-0.4, -0.2) is 73.9 Å². The highest BCUT2D eigenvalue weighted by Crippen LogP contribution is 2.40. The first-order chi connectivity index (χ1) is 17.6. The molecular weight excluding hydrogens is 450 g/mol. The number of fused-ring (bicyclic) bond motifs is 1. The summed E-state index contributed by atoms with van der Waals surface area (Å²) in [5.41, 5.74) is 0. The van der Waals surface area contributed by atoms with E-state index in [2.05, 4.69) is 38.8 Å². The van der Waals surface area contributed by atoms with Crippen LogP contribution in [0.3, 0.4) is 0 Å². The van der Waals surface area contributed by atoms with Gasteiger partial charge in [-0.3, -0.25) is 9.80 Å². The van der Waals surface area contributed by atoms with Crippen LogP contribution in [0.5, 0.6) is 0 Å². The van der Waals surface area contributed by atoms with Gasteiger partial charge < -0.3 is 21.3 Å². The van der Waals surface area contributed by atoms with Crippen LogP contribution in [0.15, 0.2) is 0 Å². The third kappa shape index (κ3) is 6.55. The van der Waals surface area contributed by atoms with E-state index in [4.69, 9.17) is 0 Å². The lowest BCUT2D eigenvalue weighted by Crippen LogP contribution is -2.78. The highest BCUT2D eigenvalue weighted by molar-refractivity contribution is 5.74. The Bertz CT molecular complexity index is 691. The zero-order chi connectivity index (χ0) is 24.8. The van der Waals surface area contributed by atoms with Crippen LogP contribution in [-0.2, 0) is 0 Å². The van der Waals surface area contributed by atoms with Crippen molar-refractivity contribution in [2.75, 3.05) is 32.7 Å². The minimum absolute atomic E-state index is 0.0295. The highest BCUT2D eigenvalue weighted by atomic mass is 16.2. The third-order valence-corrected chi connectivity index (χ3v) is 10.3. The van der Waals surface area contributed by atoms with E-state index in [1.54, 1.807) is 0 Å². The molecular formula is C28H54N7O+. The summed E-state index contributed by atoms with van der Waals surface area (Å²) in [6.45, 7) is 7.84. The van der Waals surface area contributed by atoms with E-state index in [-0.39, 0.29) is 18.5 Å². The average Bonchev–Trinajstić information content (AvgIpc) is 3.37. The molecule has 3 aliphatic heterocycles. The van der Waals surface area contributed by atoms with Crippen LogP contribution in [0.25, 0.3) is 0 Å². The molecule has 36 heavy (non-hydrogen) atoms. The zero-order valence-electron chi connectivity index (χ0n) is 22.8. The number of nitrogens with zero attached hydrogens (tertiary/aromatic N) is 1. The summed E-state index contributed by atoms with van der Waals surface area (Å²) in [4.78, 5) is 13.4. The largest absolute Gasteiger partial charge is 0.335 e. The molecule has 6 unspecified atom stereocenters. The van der Waals surface area contributed by atoms with Gasteiger partial charge in [-0.15, -0.1) is 0 Å². The van der Waals surface area contributed by atoms with Gasteiger partial charge in [0.1, 0.15) is 0 Å². The number of quaternary nitrogens is 1. The molecule has 5 aliphatic rings. The monoisotopic (exact) mass is 504 g/mol. The molecule has 206 valence electrons. The molecule has 1 spiro atoms. The molecule has 6 N–H and O–H groups in total. The minimum Gasteiger partial charge on any atom is -0.335 e. The number of hydrogen-bond acceptors (Lipinski definition) is 5. The number of hydrogen-bond donors (Lipinski definition) is 6. The van der Waals surface area contributed by atoms with E-state index in [1.165, 1.54) is 70.6 Å². The third-order valence-electron chi connectivity index (χ3n) is 10.3. The lowest BCUT2D eigenvalue weighted by Gasteiger charge is -2.54. The summed E-state index contributed by atoms with van der Waals surface area (Å²) in [7, 11) is 0. The van der Waals surface area contributed by atoms with E-state index in [9.17, 15) is 4.79 Å². The fourth-order valence-electron chi connectivity index (χ4n) is 8.21. The predicted molar refractivity (Wildman–Crippen MR) is 145 cm³/mol. The summed E-state index contributed by atoms with van der Waals surface area (Å²) in [5, 5.41) is 21.6. The van der Waals surface area contributed by atoms with Crippen molar-refractivity contribution < 1.29 is 9.28 Å². The molecule has 2 amide bonds. The molecule has 3 saturated heterocycles. The van der Waals surface area contributed by atoms with Gasteiger partial charge in [-0.25, -0.2) is 10.1 Å². The Morgan fingerprint density at radius 2 is 1.56 bits per heavy atom. The van der Waals surface area contributed by atoms with Crippen molar-refractivity contribution in [3.63, 3.8) is 0 Å². The first-order valence-electron chi connectivity index (χ1n) is 15.5. The topological polar surface area (TPSA) is 89.2 Å². The summed E-state index contributed by atoms with van der Waals surface area (Å²) < 4.78 is 0.993. The molecule has 0 aromatic heterocycles. The van der Waals surface area contributed by atoms with Crippen LogP contribution >= 0.6 is 0 Å². The van der Waals surface area contributed by atoms with E-state index in [0.717, 1.165) is 68.3 Å². The van der Waals surface area contributed by atoms with Crippen molar-refractivity contribution in [3.05, 3.63) is 0 Å². The van der Waals surface area contributed by atoms with Crippen molar-refractivity contribution in [1.82, 2.24) is 31.9 Å². The maximum atomic E-state index is 13.4. The fraction of sp³-hybridized carbons (Fsp3) is 0.964. The van der Waals surface area contributed by atoms with E-state index in [0.29, 0.717) is 18.2 Å². The highest BCUT2D eigenvalue weighted by Gasteiger charge is 2.48. The van der Waals surface area contributed by atoms with Gasteiger partial charge in [0, 0.05) is 25.6 Å². The number of amides is 2. The first kappa shape index (κ1) is 26.7. The molecule has 0 aromatic carbocycles. The maximum Gasteiger partial charge on any atom is 0.320 e. The van der Waals surface area contributed by atoms with E-state index >= 15 is 0 Å². The van der Waals surface area contributed by atoms with Gasteiger partial charge in [0.2, 0.25) is 6.29 Å². The number of carbonyl (C=O) groups is 1. The summed E-state index contributed by atoms with van der Waals surface area (Å²) in [5.74, 6) is 1.74. The molecule has 8 heteroatoms. The van der Waals surface area contributed by atoms with Gasteiger partial charge in [0.05, 0.1) is 31.5 Å². The lowest BCUT2D eigenvalue weighted by molar-refractivity contribution is -0.983. The van der Waals surface area contributed by atoms with Gasteiger partial charge in [-0.1, -0.05) is 32.1 Å². The first-order valence-corrected chi connectivity index (χ1v) is 15.5. The summed E-state index contributed by atoms with van der Waals surface area (Å²) in [6, 6.07) is 0.901. The second-order valence-electron chi connectivity index (χ2n) is 12.7. The Kier molecular flexibility index (Phi) is 9.44. The standard InChI is InChI=1S/C28H53N7O/c1-21-19-26(29-14-13-25-30-15-16-31-25)33-27(35(21)17-7-3-2-4-8-18-35)34-28(36)32-24-12-11-22-9-5-6-10-23(22)20-24/h21-27,29-31,33H,2-20H2,1H3,(H-,32,34,36)/p+1. The van der Waals surface area contributed by atoms with Gasteiger partial charge in [0.15, 0.2) is 0 Å². The Morgan fingerprint density at radius 3 is 2.33 bits per heavy atom. The number of urea groups is 1. The molecule has 0 bridgehead atoms. The Labute approximate surface area is 219 Å². The van der Waals surface area contributed by atoms with E-state index < -0.39 is 0 Å². The predicted octanol–water partition coefficient (Wildman–Crippen LogP) is 2.92. The van der Waals surface area contributed by atoms with Crippen LogP contribution in [0.1, 0.15) is 96.8 Å². The van der Waals surface area contributed by atoms with E-state index in [1.807, 2.05) is 0 Å². The molecule has 5 fully saturated rings. The summed E-state index contributed by atoms with van der Waals surface area (Å²) in [6.07, 6.45) is 18.5. The van der Waals surface area contributed by atoms with Gasteiger partial charge in [0.25, 0.3) is 0 Å². The number of nitrogens with one attached hydrogen (secondary N) is 6. The van der Waals surface area contributed by atoms with Gasteiger partial charge in [-0.2, -0.15) is 0 Å². The SMILES string of the molecule is CC1CC(NCCC2NCCN2)NC(NC(=O)NC2CCC3CCCCC3C2)[N+]12CCCCCCC2. The van der Waals surface area contributed by atoms with Crippen molar-refractivity contribution in [1.29, 1.82) is 0 Å². The summed E-state index contributed by atoms with van der Waals surface area (Å²) >= 11 is 0. The van der Waals surface area contributed by atoms with Crippen molar-refractivity contribution in [3.8, 4) is 0 Å². The minimum atomic E-state index is -0.0295. The van der Waals surface area contributed by atoms with Crippen LogP contribution in [0, 0.1) is 11.8 Å². The molecule has 6 atom stereocenters. The van der Waals surface area contributed by atoms with Gasteiger partial charge >= 0.3 is 6.03 Å². The lowest BCUT2D eigenvalue weighted by atomic mass is 9.69. The molecule has 3 heterocycles. The molecule has 2 aliphatic carbocycles. The Balaban J connectivity index is 1.20. The molecule has 0 aromatic rings. The number of carbonyl (C=O) groups excluding carboxylic acids is 1. The van der Waals surface area contributed by atoms with Crippen LogP contribution in [0.4, 0.5) is 4.79 Å². The zero-order valence-corrected chi connectivity index (χ0v) is 22.8. The van der Waals surface area contributed by atoms with Crippen LogP contribution in [0.2, 0.25) is 0 Å². The Hall–Kier alpha value is -0.930. The van der Waals surface area contributed by atoms with Crippen LogP contribution < -0.4 is 31.9 Å². The molecule has 0 radical (unpaired) electrons. The van der Waals surface area contributed by atoms with Gasteiger partial charge in [-0.05, 0) is 76.7 Å². The van der Waals surface area contributed by atoms with Crippen molar-refractivity contribution >= 4 is 6.03 Å². The number of rotatable bonds is 6. The molecule has 8 nitrogen and oxygen atoms in total. The van der Waals surface area contributed by atoms with Crippen molar-refractivity contribution in [2.45, 2.75) is 128 Å². The second kappa shape index (κ2) is 12.7. The second-order valence-corrected chi connectivity index (χ2v) is 12.7. The normalized spacial score (nSPS) is 37.6. The quantitative estimate of drug-likeness (QED) is 0.313.